The number of anilines is 2. The second kappa shape index (κ2) is 9.15. The van der Waals surface area contributed by atoms with Crippen LogP contribution in [0.15, 0.2) is 53.9 Å². The summed E-state index contributed by atoms with van der Waals surface area (Å²) in [7, 11) is 0. The molecule has 1 aliphatic rings. The van der Waals surface area contributed by atoms with Crippen LogP contribution < -0.4 is 5.32 Å². The zero-order valence-electron chi connectivity index (χ0n) is 16.5. The Bertz CT molecular complexity index is 951. The molecule has 3 aromatic rings. The maximum absolute atomic E-state index is 12.8. The third kappa shape index (κ3) is 5.19. The number of aryl methyl sites for hydroxylation is 1. The van der Waals surface area contributed by atoms with Gasteiger partial charge in [0.15, 0.2) is 5.13 Å². The first kappa shape index (κ1) is 19.5. The fourth-order valence-corrected chi connectivity index (χ4v) is 4.11. The third-order valence-electron chi connectivity index (χ3n) is 5.07. The normalized spacial score (nSPS) is 14.7. The SMILES string of the molecule is Cc1cccc(Nc2nc(C(=O)N3CCN(CCc4ccccc4)CC3)cs2)n1. The summed E-state index contributed by atoms with van der Waals surface area (Å²) in [6, 6.07) is 16.3. The molecule has 0 bridgehead atoms. The number of nitrogens with zero attached hydrogens (tertiary/aromatic N) is 4. The molecule has 0 saturated carbocycles. The van der Waals surface area contributed by atoms with Crippen molar-refractivity contribution in [2.75, 3.05) is 38.0 Å². The van der Waals surface area contributed by atoms with Crippen LogP contribution in [-0.4, -0.2) is 58.4 Å². The number of piperazine rings is 1. The van der Waals surface area contributed by atoms with Gasteiger partial charge in [-0.05, 0) is 31.0 Å². The fourth-order valence-electron chi connectivity index (χ4n) is 3.42. The number of hydrogen-bond acceptors (Lipinski definition) is 6. The molecule has 1 saturated heterocycles. The smallest absolute Gasteiger partial charge is 0.273 e. The predicted octanol–water partition coefficient (Wildman–Crippen LogP) is 3.59. The van der Waals surface area contributed by atoms with Gasteiger partial charge < -0.3 is 10.2 Å². The van der Waals surface area contributed by atoms with Crippen molar-refractivity contribution < 1.29 is 4.79 Å². The Labute approximate surface area is 175 Å². The number of benzene rings is 1. The third-order valence-corrected chi connectivity index (χ3v) is 5.82. The van der Waals surface area contributed by atoms with E-state index in [0.717, 1.165) is 50.7 Å². The van der Waals surface area contributed by atoms with Gasteiger partial charge in [0, 0.05) is 43.8 Å². The molecule has 7 heteroatoms. The van der Waals surface area contributed by atoms with Gasteiger partial charge in [-0.1, -0.05) is 36.4 Å². The number of thiazole rings is 1. The lowest BCUT2D eigenvalue weighted by molar-refractivity contribution is 0.0633. The highest BCUT2D eigenvalue weighted by Gasteiger charge is 2.23. The minimum absolute atomic E-state index is 0.00853. The van der Waals surface area contributed by atoms with Crippen LogP contribution in [0.3, 0.4) is 0 Å². The number of pyridine rings is 1. The van der Waals surface area contributed by atoms with Crippen LogP contribution in [-0.2, 0) is 6.42 Å². The van der Waals surface area contributed by atoms with Crippen molar-refractivity contribution in [1.82, 2.24) is 19.8 Å². The summed E-state index contributed by atoms with van der Waals surface area (Å²) in [6.07, 6.45) is 1.04. The average molecular weight is 408 g/mol. The molecule has 6 nitrogen and oxygen atoms in total. The quantitative estimate of drug-likeness (QED) is 0.677. The fraction of sp³-hybridized carbons (Fsp3) is 0.318. The molecule has 0 spiro atoms. The Morgan fingerprint density at radius 3 is 2.59 bits per heavy atom. The minimum Gasteiger partial charge on any atom is -0.335 e. The molecule has 1 fully saturated rings. The first-order chi connectivity index (χ1) is 14.2. The van der Waals surface area contributed by atoms with Gasteiger partial charge in [0.25, 0.3) is 5.91 Å². The summed E-state index contributed by atoms with van der Waals surface area (Å²) in [6.45, 7) is 6.27. The summed E-state index contributed by atoms with van der Waals surface area (Å²) in [5.41, 5.74) is 2.80. The largest absolute Gasteiger partial charge is 0.335 e. The number of rotatable bonds is 6. The maximum Gasteiger partial charge on any atom is 0.273 e. The highest BCUT2D eigenvalue weighted by atomic mass is 32.1. The summed E-state index contributed by atoms with van der Waals surface area (Å²) in [5.74, 6) is 0.750. The van der Waals surface area contributed by atoms with Crippen molar-refractivity contribution >= 4 is 28.2 Å². The first-order valence-electron chi connectivity index (χ1n) is 9.89. The van der Waals surface area contributed by atoms with Crippen molar-refractivity contribution in [1.29, 1.82) is 0 Å². The summed E-state index contributed by atoms with van der Waals surface area (Å²) >= 11 is 1.43. The molecule has 0 radical (unpaired) electrons. The van der Waals surface area contributed by atoms with Crippen molar-refractivity contribution in [3.05, 3.63) is 70.9 Å². The number of carbonyl (C=O) groups excluding carboxylic acids is 1. The Morgan fingerprint density at radius 2 is 1.83 bits per heavy atom. The molecule has 0 atom stereocenters. The molecule has 0 unspecified atom stereocenters. The van der Waals surface area contributed by atoms with Crippen LogP contribution >= 0.6 is 11.3 Å². The minimum atomic E-state index is 0.00853. The number of aromatic nitrogens is 2. The Balaban J connectivity index is 1.28. The van der Waals surface area contributed by atoms with Crippen LogP contribution in [0.25, 0.3) is 0 Å². The lowest BCUT2D eigenvalue weighted by Crippen LogP contribution is -2.49. The Hall–Kier alpha value is -2.77. The van der Waals surface area contributed by atoms with Crippen molar-refractivity contribution in [3.8, 4) is 0 Å². The lowest BCUT2D eigenvalue weighted by Gasteiger charge is -2.34. The van der Waals surface area contributed by atoms with E-state index in [1.807, 2.05) is 41.5 Å². The topological polar surface area (TPSA) is 61.4 Å². The van der Waals surface area contributed by atoms with Gasteiger partial charge in [-0.2, -0.15) is 0 Å². The van der Waals surface area contributed by atoms with E-state index in [2.05, 4.69) is 44.5 Å². The van der Waals surface area contributed by atoms with E-state index in [4.69, 9.17) is 0 Å². The molecule has 1 aliphatic heterocycles. The lowest BCUT2D eigenvalue weighted by atomic mass is 10.1. The molecule has 1 aromatic carbocycles. The zero-order valence-corrected chi connectivity index (χ0v) is 17.4. The molecular formula is C22H25N5OS. The highest BCUT2D eigenvalue weighted by Crippen LogP contribution is 2.21. The van der Waals surface area contributed by atoms with Crippen molar-refractivity contribution in [2.24, 2.45) is 0 Å². The van der Waals surface area contributed by atoms with Crippen LogP contribution in [0.1, 0.15) is 21.7 Å². The number of hydrogen-bond donors (Lipinski definition) is 1. The number of amides is 1. The van der Waals surface area contributed by atoms with Crippen LogP contribution in [0.5, 0.6) is 0 Å². The second-order valence-electron chi connectivity index (χ2n) is 7.20. The van der Waals surface area contributed by atoms with E-state index in [9.17, 15) is 4.79 Å². The van der Waals surface area contributed by atoms with E-state index in [1.165, 1.54) is 16.9 Å². The first-order valence-corrected chi connectivity index (χ1v) is 10.8. The summed E-state index contributed by atoms with van der Waals surface area (Å²) in [5, 5.41) is 5.69. The monoisotopic (exact) mass is 407 g/mol. The van der Waals surface area contributed by atoms with Gasteiger partial charge in [-0.3, -0.25) is 9.69 Å². The molecule has 3 heterocycles. The Morgan fingerprint density at radius 1 is 1.03 bits per heavy atom. The van der Waals surface area contributed by atoms with Gasteiger partial charge >= 0.3 is 0 Å². The number of carbonyl (C=O) groups is 1. The van der Waals surface area contributed by atoms with Crippen LogP contribution in [0, 0.1) is 6.92 Å². The van der Waals surface area contributed by atoms with Gasteiger partial charge in [0.1, 0.15) is 11.5 Å². The standard InChI is InChI=1S/C22H25N5OS/c1-17-6-5-9-20(23-17)25-22-24-19(16-29-22)21(28)27-14-12-26(13-15-27)11-10-18-7-3-2-4-8-18/h2-9,16H,10-15H2,1H3,(H,23,24,25). The molecule has 150 valence electrons. The van der Waals surface area contributed by atoms with Crippen molar-refractivity contribution in [3.63, 3.8) is 0 Å². The van der Waals surface area contributed by atoms with E-state index >= 15 is 0 Å². The zero-order chi connectivity index (χ0) is 20.1. The summed E-state index contributed by atoms with van der Waals surface area (Å²) in [4.78, 5) is 26.0. The van der Waals surface area contributed by atoms with E-state index in [-0.39, 0.29) is 5.91 Å². The van der Waals surface area contributed by atoms with Crippen molar-refractivity contribution in [2.45, 2.75) is 13.3 Å². The molecule has 4 rings (SSSR count). The van der Waals surface area contributed by atoms with Crippen LogP contribution in [0.4, 0.5) is 10.9 Å². The second-order valence-corrected chi connectivity index (χ2v) is 8.05. The molecule has 1 N–H and O–H groups in total. The average Bonchev–Trinajstić information content (AvgIpc) is 3.21. The molecule has 0 aliphatic carbocycles. The van der Waals surface area contributed by atoms with Gasteiger partial charge in [0.2, 0.25) is 0 Å². The van der Waals surface area contributed by atoms with Crippen LogP contribution in [0.2, 0.25) is 0 Å². The predicted molar refractivity (Wildman–Crippen MR) is 117 cm³/mol. The Kier molecular flexibility index (Phi) is 6.17. The molecule has 2 aromatic heterocycles. The van der Waals surface area contributed by atoms with E-state index < -0.39 is 0 Å². The molecule has 29 heavy (non-hydrogen) atoms. The van der Waals surface area contributed by atoms with Gasteiger partial charge in [0.05, 0.1) is 0 Å². The van der Waals surface area contributed by atoms with E-state index in [1.54, 1.807) is 0 Å². The number of nitrogens with one attached hydrogen (secondary N) is 1. The maximum atomic E-state index is 12.8. The van der Waals surface area contributed by atoms with E-state index in [0.29, 0.717) is 10.8 Å². The van der Waals surface area contributed by atoms with Gasteiger partial charge in [-0.25, -0.2) is 9.97 Å². The van der Waals surface area contributed by atoms with Gasteiger partial charge in [-0.15, -0.1) is 11.3 Å². The summed E-state index contributed by atoms with van der Waals surface area (Å²) < 4.78 is 0. The molecular weight excluding hydrogens is 382 g/mol. The molecule has 1 amide bonds. The highest BCUT2D eigenvalue weighted by molar-refractivity contribution is 7.14.